The molecule has 0 heterocycles. The Labute approximate surface area is 113 Å². The fourth-order valence-corrected chi connectivity index (χ4v) is 3.42. The molecule has 1 rings (SSSR count). The lowest BCUT2D eigenvalue weighted by atomic mass is 10.2. The Morgan fingerprint density at radius 1 is 1.50 bits per heavy atom. The molecule has 0 fully saturated rings. The number of nitrogens with one attached hydrogen (secondary N) is 1. The Balaban J connectivity index is 2.68. The zero-order valence-electron chi connectivity index (χ0n) is 10.3. The molecule has 0 unspecified atom stereocenters. The highest BCUT2D eigenvalue weighted by atomic mass is 32.2. The predicted octanol–water partition coefficient (Wildman–Crippen LogP) is 1.77. The molecule has 1 aromatic rings. The molecule has 0 atom stereocenters. The van der Waals surface area contributed by atoms with Gasteiger partial charge in [-0.15, -0.1) is 6.58 Å². The summed E-state index contributed by atoms with van der Waals surface area (Å²) in [5, 5.41) is 0. The number of hydrogen-bond acceptors (Lipinski definition) is 4. The maximum atomic E-state index is 12.0. The van der Waals surface area contributed by atoms with Gasteiger partial charge in [0.2, 0.25) is 10.0 Å². The van der Waals surface area contributed by atoms with Gasteiger partial charge in [-0.25, -0.2) is 13.1 Å². The van der Waals surface area contributed by atoms with Crippen LogP contribution in [0.1, 0.15) is 5.56 Å². The van der Waals surface area contributed by atoms with Crippen LogP contribution in [0.5, 0.6) is 0 Å². The van der Waals surface area contributed by atoms with E-state index >= 15 is 0 Å². The molecule has 0 aliphatic rings. The average molecular weight is 286 g/mol. The molecule has 0 radical (unpaired) electrons. The zero-order chi connectivity index (χ0) is 13.6. The molecule has 0 saturated carbocycles. The first-order valence-electron chi connectivity index (χ1n) is 5.52. The maximum Gasteiger partial charge on any atom is 0.240 e. The summed E-state index contributed by atoms with van der Waals surface area (Å²) in [5.41, 5.74) is 6.75. The molecule has 0 bridgehead atoms. The SMILES string of the molecule is C=CCSCCNS(=O)(=O)c1cc(N)ccc1C. The maximum absolute atomic E-state index is 12.0. The molecule has 3 N–H and O–H groups in total. The topological polar surface area (TPSA) is 72.2 Å². The zero-order valence-corrected chi connectivity index (χ0v) is 12.0. The monoisotopic (exact) mass is 286 g/mol. The lowest BCUT2D eigenvalue weighted by Crippen LogP contribution is -2.26. The van der Waals surface area contributed by atoms with Crippen molar-refractivity contribution in [2.24, 2.45) is 0 Å². The Hall–Kier alpha value is -0.980. The molecule has 4 nitrogen and oxygen atoms in total. The molecule has 0 saturated heterocycles. The van der Waals surface area contributed by atoms with Crippen LogP contribution in [-0.2, 0) is 10.0 Å². The summed E-state index contributed by atoms with van der Waals surface area (Å²) >= 11 is 1.63. The molecule has 0 aromatic heterocycles. The van der Waals surface area contributed by atoms with Crippen molar-refractivity contribution in [3.8, 4) is 0 Å². The van der Waals surface area contributed by atoms with Crippen molar-refractivity contribution >= 4 is 27.5 Å². The van der Waals surface area contributed by atoms with Gasteiger partial charge in [0, 0.05) is 23.7 Å². The van der Waals surface area contributed by atoms with E-state index in [1.807, 2.05) is 0 Å². The van der Waals surface area contributed by atoms with Gasteiger partial charge in [-0.3, -0.25) is 0 Å². The van der Waals surface area contributed by atoms with Crippen LogP contribution >= 0.6 is 11.8 Å². The molecular formula is C12H18N2O2S2. The second-order valence-corrected chi connectivity index (χ2v) is 6.67. The Morgan fingerprint density at radius 3 is 2.89 bits per heavy atom. The van der Waals surface area contributed by atoms with E-state index in [-0.39, 0.29) is 4.90 Å². The van der Waals surface area contributed by atoms with Gasteiger partial charge in [-0.2, -0.15) is 11.8 Å². The van der Waals surface area contributed by atoms with Crippen molar-refractivity contribution in [1.82, 2.24) is 4.72 Å². The first-order chi connectivity index (χ1) is 8.47. The van der Waals surface area contributed by atoms with E-state index in [2.05, 4.69) is 11.3 Å². The number of nitrogens with two attached hydrogens (primary N) is 1. The summed E-state index contributed by atoms with van der Waals surface area (Å²) in [7, 11) is -3.47. The van der Waals surface area contributed by atoms with Gasteiger partial charge in [-0.05, 0) is 24.6 Å². The number of anilines is 1. The fourth-order valence-electron chi connectivity index (χ4n) is 1.40. The first-order valence-corrected chi connectivity index (χ1v) is 8.15. The highest BCUT2D eigenvalue weighted by Crippen LogP contribution is 2.17. The van der Waals surface area contributed by atoms with Crippen LogP contribution in [0.25, 0.3) is 0 Å². The summed E-state index contributed by atoms with van der Waals surface area (Å²) < 4.78 is 26.6. The third-order valence-electron chi connectivity index (χ3n) is 2.28. The van der Waals surface area contributed by atoms with Crippen LogP contribution in [0.2, 0.25) is 0 Å². The van der Waals surface area contributed by atoms with Crippen LogP contribution in [-0.4, -0.2) is 26.5 Å². The van der Waals surface area contributed by atoms with Gasteiger partial charge < -0.3 is 5.73 Å². The minimum atomic E-state index is -3.47. The van der Waals surface area contributed by atoms with Gasteiger partial charge in [0.25, 0.3) is 0 Å². The smallest absolute Gasteiger partial charge is 0.240 e. The second-order valence-electron chi connectivity index (χ2n) is 3.79. The Kier molecular flexibility index (Phi) is 5.71. The first kappa shape index (κ1) is 15.1. The summed E-state index contributed by atoms with van der Waals surface area (Å²) in [6.07, 6.45) is 1.79. The lowest BCUT2D eigenvalue weighted by Gasteiger charge is -2.09. The van der Waals surface area contributed by atoms with Gasteiger partial charge in [0.05, 0.1) is 4.90 Å². The van der Waals surface area contributed by atoms with E-state index in [0.717, 1.165) is 5.75 Å². The molecule has 0 aliphatic carbocycles. The Bertz CT molecular complexity index is 513. The van der Waals surface area contributed by atoms with E-state index in [1.165, 1.54) is 6.07 Å². The molecule has 100 valence electrons. The minimum absolute atomic E-state index is 0.247. The normalized spacial score (nSPS) is 11.4. The van der Waals surface area contributed by atoms with Crippen LogP contribution in [0.3, 0.4) is 0 Å². The molecule has 1 aromatic carbocycles. The average Bonchev–Trinajstić information content (AvgIpc) is 2.32. The number of sulfonamides is 1. The Morgan fingerprint density at radius 2 is 2.22 bits per heavy atom. The number of rotatable bonds is 7. The van der Waals surface area contributed by atoms with Gasteiger partial charge in [-0.1, -0.05) is 12.1 Å². The minimum Gasteiger partial charge on any atom is -0.399 e. The molecule has 0 spiro atoms. The van der Waals surface area contributed by atoms with Crippen molar-refractivity contribution in [2.75, 3.05) is 23.8 Å². The third-order valence-corrected chi connectivity index (χ3v) is 4.84. The third kappa shape index (κ3) is 4.36. The van der Waals surface area contributed by atoms with Crippen molar-refractivity contribution in [3.63, 3.8) is 0 Å². The van der Waals surface area contributed by atoms with E-state index in [0.29, 0.717) is 23.5 Å². The summed E-state index contributed by atoms with van der Waals surface area (Å²) in [6.45, 7) is 5.75. The van der Waals surface area contributed by atoms with Crippen molar-refractivity contribution in [2.45, 2.75) is 11.8 Å². The van der Waals surface area contributed by atoms with Crippen molar-refractivity contribution in [3.05, 3.63) is 36.4 Å². The highest BCUT2D eigenvalue weighted by molar-refractivity contribution is 7.99. The summed E-state index contributed by atoms with van der Waals surface area (Å²) in [6, 6.07) is 4.87. The highest BCUT2D eigenvalue weighted by Gasteiger charge is 2.16. The number of nitrogen functional groups attached to an aromatic ring is 1. The quantitative estimate of drug-likeness (QED) is 0.455. The van der Waals surface area contributed by atoms with Crippen LogP contribution in [0, 0.1) is 6.92 Å². The van der Waals surface area contributed by atoms with E-state index in [4.69, 9.17) is 5.73 Å². The van der Waals surface area contributed by atoms with Crippen LogP contribution in [0.4, 0.5) is 5.69 Å². The van der Waals surface area contributed by atoms with Gasteiger partial charge >= 0.3 is 0 Å². The fraction of sp³-hybridized carbons (Fsp3) is 0.333. The van der Waals surface area contributed by atoms with E-state index < -0.39 is 10.0 Å². The predicted molar refractivity (Wildman–Crippen MR) is 78.3 cm³/mol. The number of hydrogen-bond donors (Lipinski definition) is 2. The van der Waals surface area contributed by atoms with E-state index in [9.17, 15) is 8.42 Å². The summed E-state index contributed by atoms with van der Waals surface area (Å²) in [5.74, 6) is 1.53. The standard InChI is InChI=1S/C12H18N2O2S2/c1-3-7-17-8-6-14-18(15,16)12-9-11(13)5-4-10(12)2/h3-5,9,14H,1,6-8,13H2,2H3. The molecule has 0 amide bonds. The van der Waals surface area contributed by atoms with E-state index in [1.54, 1.807) is 36.9 Å². The number of aryl methyl sites for hydroxylation is 1. The van der Waals surface area contributed by atoms with Crippen molar-refractivity contribution < 1.29 is 8.42 Å². The molecule has 6 heteroatoms. The van der Waals surface area contributed by atoms with Crippen LogP contribution in [0.15, 0.2) is 35.7 Å². The van der Waals surface area contributed by atoms with Crippen molar-refractivity contribution in [1.29, 1.82) is 0 Å². The summed E-state index contributed by atoms with van der Waals surface area (Å²) in [4.78, 5) is 0.247. The molecule has 0 aliphatic heterocycles. The largest absolute Gasteiger partial charge is 0.399 e. The number of thioether (sulfide) groups is 1. The molecule has 18 heavy (non-hydrogen) atoms. The van der Waals surface area contributed by atoms with Crippen LogP contribution < -0.4 is 10.5 Å². The lowest BCUT2D eigenvalue weighted by molar-refractivity contribution is 0.583. The van der Waals surface area contributed by atoms with Gasteiger partial charge in [0.1, 0.15) is 0 Å². The number of benzene rings is 1. The molecular weight excluding hydrogens is 268 g/mol. The van der Waals surface area contributed by atoms with Gasteiger partial charge in [0.15, 0.2) is 0 Å². The second kappa shape index (κ2) is 6.82.